The summed E-state index contributed by atoms with van der Waals surface area (Å²) in [6.45, 7) is 6.78. The first-order chi connectivity index (χ1) is 11.9. The van der Waals surface area contributed by atoms with E-state index in [9.17, 15) is 0 Å². The quantitative estimate of drug-likeness (QED) is 0.865. The summed E-state index contributed by atoms with van der Waals surface area (Å²) in [5, 5.41) is 8.83. The summed E-state index contributed by atoms with van der Waals surface area (Å²) in [5.41, 5.74) is 4.40. The number of aromatic nitrogens is 2. The number of morpholine rings is 1. The van der Waals surface area contributed by atoms with Crippen LogP contribution in [-0.2, 0) is 11.3 Å². The Morgan fingerprint density at radius 2 is 1.58 bits per heavy atom. The Balaban J connectivity index is 1.42. The number of anilines is 1. The van der Waals surface area contributed by atoms with Crippen molar-refractivity contribution in [1.29, 1.82) is 0 Å². The molecule has 2 fully saturated rings. The van der Waals surface area contributed by atoms with Gasteiger partial charge >= 0.3 is 0 Å². The van der Waals surface area contributed by atoms with Crippen molar-refractivity contribution in [2.75, 3.05) is 44.3 Å². The molecule has 4 rings (SSSR count). The maximum absolute atomic E-state index is 5.38. The van der Waals surface area contributed by atoms with Gasteiger partial charge in [0.25, 0.3) is 0 Å². The largest absolute Gasteiger partial charge is 0.379 e. The van der Waals surface area contributed by atoms with Gasteiger partial charge in [-0.15, -0.1) is 0 Å². The van der Waals surface area contributed by atoms with E-state index in [1.54, 1.807) is 0 Å². The second kappa shape index (κ2) is 7.28. The van der Waals surface area contributed by atoms with Crippen molar-refractivity contribution < 1.29 is 4.74 Å². The van der Waals surface area contributed by atoms with E-state index in [0.29, 0.717) is 0 Å². The van der Waals surface area contributed by atoms with E-state index in [4.69, 9.17) is 4.74 Å². The van der Waals surface area contributed by atoms with E-state index in [1.807, 2.05) is 0 Å². The van der Waals surface area contributed by atoms with Gasteiger partial charge in [-0.1, -0.05) is 12.1 Å². The van der Waals surface area contributed by atoms with Gasteiger partial charge in [0.1, 0.15) is 0 Å². The van der Waals surface area contributed by atoms with Gasteiger partial charge in [-0.05, 0) is 37.1 Å². The Kier molecular flexibility index (Phi) is 4.71. The normalized spacial score (nSPS) is 18.9. The highest BCUT2D eigenvalue weighted by Crippen LogP contribution is 2.24. The summed E-state index contributed by atoms with van der Waals surface area (Å²) in [6.07, 6.45) is 2.61. The fourth-order valence-electron chi connectivity index (χ4n) is 3.40. The van der Waals surface area contributed by atoms with Crippen LogP contribution in [0.25, 0.3) is 11.3 Å². The number of nitrogens with zero attached hydrogens (tertiary/aromatic N) is 4. The Morgan fingerprint density at radius 3 is 2.25 bits per heavy atom. The third-order valence-electron chi connectivity index (χ3n) is 4.84. The highest BCUT2D eigenvalue weighted by Gasteiger charge is 2.13. The highest BCUT2D eigenvalue weighted by molar-refractivity contribution is 5.62. The van der Waals surface area contributed by atoms with Crippen molar-refractivity contribution in [3.05, 3.63) is 42.1 Å². The minimum Gasteiger partial charge on any atom is -0.379 e. The van der Waals surface area contributed by atoms with Crippen LogP contribution in [0.5, 0.6) is 0 Å². The van der Waals surface area contributed by atoms with Gasteiger partial charge in [0.2, 0.25) is 0 Å². The van der Waals surface area contributed by atoms with Crippen LogP contribution in [0.2, 0.25) is 0 Å². The third kappa shape index (κ3) is 3.57. The molecule has 0 unspecified atom stereocenters. The zero-order valence-electron chi connectivity index (χ0n) is 14.0. The summed E-state index contributed by atoms with van der Waals surface area (Å²) >= 11 is 0. The molecule has 0 spiro atoms. The van der Waals surface area contributed by atoms with Crippen LogP contribution in [-0.4, -0.2) is 54.5 Å². The van der Waals surface area contributed by atoms with Gasteiger partial charge in [0.15, 0.2) is 0 Å². The molecule has 2 aromatic rings. The molecule has 2 aliphatic rings. The number of rotatable bonds is 4. The van der Waals surface area contributed by atoms with Crippen molar-refractivity contribution in [3.8, 4) is 11.3 Å². The average Bonchev–Trinajstić information content (AvgIpc) is 3.18. The number of hydrogen-bond acceptors (Lipinski definition) is 5. The Labute approximate surface area is 143 Å². The monoisotopic (exact) mass is 324 g/mol. The van der Waals surface area contributed by atoms with Gasteiger partial charge in [-0.2, -0.15) is 10.2 Å². The maximum Gasteiger partial charge on any atom is 0.0929 e. The second-order valence-electron chi connectivity index (χ2n) is 6.54. The Morgan fingerprint density at radius 1 is 0.833 bits per heavy atom. The van der Waals surface area contributed by atoms with Crippen LogP contribution in [0.4, 0.5) is 5.69 Å². The lowest BCUT2D eigenvalue weighted by Crippen LogP contribution is -2.35. The van der Waals surface area contributed by atoms with E-state index >= 15 is 0 Å². The Hall–Kier alpha value is -1.98. The number of hydrogen-bond donors (Lipinski definition) is 0. The first kappa shape index (κ1) is 15.5. The van der Waals surface area contributed by atoms with E-state index in [0.717, 1.165) is 49.8 Å². The molecule has 2 aliphatic heterocycles. The first-order valence-corrected chi connectivity index (χ1v) is 8.86. The molecule has 1 aromatic carbocycles. The molecule has 0 saturated carbocycles. The smallest absolute Gasteiger partial charge is 0.0929 e. The molecule has 5 nitrogen and oxygen atoms in total. The van der Waals surface area contributed by atoms with E-state index in [1.165, 1.54) is 31.6 Å². The van der Waals surface area contributed by atoms with Crippen molar-refractivity contribution in [3.63, 3.8) is 0 Å². The van der Waals surface area contributed by atoms with Crippen molar-refractivity contribution in [1.82, 2.24) is 15.1 Å². The van der Waals surface area contributed by atoms with E-state index < -0.39 is 0 Å². The molecule has 0 aliphatic carbocycles. The van der Waals surface area contributed by atoms with Gasteiger partial charge in [-0.25, -0.2) is 0 Å². The SMILES string of the molecule is c1cc(N2CCCC2)ccc1-c1ccc(CN2CCOCC2)nn1. The fourth-order valence-corrected chi connectivity index (χ4v) is 3.40. The van der Waals surface area contributed by atoms with Crippen LogP contribution in [0.1, 0.15) is 18.5 Å². The second-order valence-corrected chi connectivity index (χ2v) is 6.54. The molecular weight excluding hydrogens is 300 g/mol. The minimum absolute atomic E-state index is 0.814. The summed E-state index contributed by atoms with van der Waals surface area (Å²) in [7, 11) is 0. The zero-order chi connectivity index (χ0) is 16.2. The highest BCUT2D eigenvalue weighted by atomic mass is 16.5. The summed E-state index contributed by atoms with van der Waals surface area (Å²) in [4.78, 5) is 4.80. The summed E-state index contributed by atoms with van der Waals surface area (Å²) in [6, 6.07) is 12.9. The van der Waals surface area contributed by atoms with Gasteiger partial charge in [0.05, 0.1) is 24.6 Å². The molecule has 0 radical (unpaired) electrons. The molecule has 24 heavy (non-hydrogen) atoms. The van der Waals surface area contributed by atoms with Crippen LogP contribution in [0.3, 0.4) is 0 Å². The lowest BCUT2D eigenvalue weighted by atomic mass is 10.1. The summed E-state index contributed by atoms with van der Waals surface area (Å²) < 4.78 is 5.38. The topological polar surface area (TPSA) is 41.5 Å². The molecule has 5 heteroatoms. The molecule has 0 bridgehead atoms. The van der Waals surface area contributed by atoms with Crippen molar-refractivity contribution in [2.24, 2.45) is 0 Å². The number of ether oxygens (including phenoxy) is 1. The van der Waals surface area contributed by atoms with Gasteiger partial charge in [0, 0.05) is 44.0 Å². The number of benzene rings is 1. The van der Waals surface area contributed by atoms with Crippen molar-refractivity contribution >= 4 is 5.69 Å². The van der Waals surface area contributed by atoms with Crippen molar-refractivity contribution in [2.45, 2.75) is 19.4 Å². The first-order valence-electron chi connectivity index (χ1n) is 8.86. The standard InChI is InChI=1S/C19H24N4O/c1-2-10-23(9-1)18-6-3-16(4-7-18)19-8-5-17(20-21-19)15-22-11-13-24-14-12-22/h3-8H,1-2,9-15H2. The predicted octanol–water partition coefficient (Wildman–Crippen LogP) is 2.58. The molecular formula is C19H24N4O. The van der Waals surface area contributed by atoms with Crippen LogP contribution in [0.15, 0.2) is 36.4 Å². The van der Waals surface area contributed by atoms with Gasteiger partial charge < -0.3 is 9.64 Å². The third-order valence-corrected chi connectivity index (χ3v) is 4.84. The molecule has 126 valence electrons. The Bertz CT molecular complexity index is 644. The molecule has 2 saturated heterocycles. The fraction of sp³-hybridized carbons (Fsp3) is 0.474. The van der Waals surface area contributed by atoms with E-state index in [2.05, 4.69) is 56.4 Å². The minimum atomic E-state index is 0.814. The van der Waals surface area contributed by atoms with Gasteiger partial charge in [-0.3, -0.25) is 4.90 Å². The van der Waals surface area contributed by atoms with E-state index in [-0.39, 0.29) is 0 Å². The lowest BCUT2D eigenvalue weighted by Gasteiger charge is -2.25. The molecule has 0 atom stereocenters. The predicted molar refractivity (Wildman–Crippen MR) is 95.0 cm³/mol. The molecule has 3 heterocycles. The average molecular weight is 324 g/mol. The lowest BCUT2D eigenvalue weighted by molar-refractivity contribution is 0.0335. The zero-order valence-corrected chi connectivity index (χ0v) is 14.0. The van der Waals surface area contributed by atoms with Crippen LogP contribution in [0, 0.1) is 0 Å². The molecule has 0 amide bonds. The molecule has 1 aromatic heterocycles. The maximum atomic E-state index is 5.38. The van der Waals surface area contributed by atoms with Crippen LogP contribution < -0.4 is 4.90 Å². The summed E-state index contributed by atoms with van der Waals surface area (Å²) in [5.74, 6) is 0. The van der Waals surface area contributed by atoms with Crippen LogP contribution >= 0.6 is 0 Å². The molecule has 0 N–H and O–H groups in total.